The minimum atomic E-state index is -0.368. The Kier molecular flexibility index (Phi) is 6.97. The van der Waals surface area contributed by atoms with Crippen molar-refractivity contribution >= 4 is 22.7 Å². The summed E-state index contributed by atoms with van der Waals surface area (Å²) < 4.78 is 12.9. The van der Waals surface area contributed by atoms with E-state index in [9.17, 15) is 4.79 Å². The number of thioether (sulfide) groups is 1. The molecule has 0 aliphatic carbocycles. The minimum Gasteiger partial charge on any atom is -0.497 e. The fourth-order valence-electron chi connectivity index (χ4n) is 4.38. The normalized spacial score (nSPS) is 14.5. The zero-order chi connectivity index (χ0) is 23.3. The molecular weight excluding hydrogens is 448 g/mol. The summed E-state index contributed by atoms with van der Waals surface area (Å²) in [5.74, 6) is 2.23. The van der Waals surface area contributed by atoms with Crippen molar-refractivity contribution in [3.05, 3.63) is 82.0 Å². The average Bonchev–Trinajstić information content (AvgIpc) is 3.24. The highest BCUT2D eigenvalue weighted by Crippen LogP contribution is 2.29. The van der Waals surface area contributed by atoms with Gasteiger partial charge in [-0.3, -0.25) is 4.90 Å². The molecule has 0 spiro atoms. The van der Waals surface area contributed by atoms with Crippen molar-refractivity contribution in [1.29, 1.82) is 0 Å². The van der Waals surface area contributed by atoms with Crippen LogP contribution in [0.4, 0.5) is 0 Å². The second kappa shape index (κ2) is 10.4. The fourth-order valence-corrected chi connectivity index (χ4v) is 5.33. The van der Waals surface area contributed by atoms with Crippen LogP contribution in [0.3, 0.4) is 0 Å². The van der Waals surface area contributed by atoms with E-state index in [4.69, 9.17) is 9.15 Å². The largest absolute Gasteiger partial charge is 0.497 e. The van der Waals surface area contributed by atoms with Gasteiger partial charge in [0.25, 0.3) is 0 Å². The maximum atomic E-state index is 12.2. The summed E-state index contributed by atoms with van der Waals surface area (Å²) in [5, 5.41) is 10.9. The predicted octanol–water partition coefficient (Wildman–Crippen LogP) is 4.72. The molecule has 0 atom stereocenters. The van der Waals surface area contributed by atoms with Crippen molar-refractivity contribution in [3.63, 3.8) is 0 Å². The maximum Gasteiger partial charge on any atom is 0.336 e. The molecule has 0 amide bonds. The summed E-state index contributed by atoms with van der Waals surface area (Å²) in [7, 11) is 1.60. The monoisotopic (exact) mass is 476 g/mol. The number of nitrogens with zero attached hydrogens (tertiary/aromatic N) is 4. The van der Waals surface area contributed by atoms with E-state index in [1.807, 2.05) is 18.2 Å². The lowest BCUT2D eigenvalue weighted by Crippen LogP contribution is -2.30. The van der Waals surface area contributed by atoms with E-state index in [0.29, 0.717) is 23.6 Å². The van der Waals surface area contributed by atoms with Crippen molar-refractivity contribution < 1.29 is 9.15 Å². The molecule has 1 aliphatic rings. The summed E-state index contributed by atoms with van der Waals surface area (Å²) in [4.78, 5) is 14.7. The van der Waals surface area contributed by atoms with Crippen molar-refractivity contribution in [1.82, 2.24) is 19.7 Å². The molecule has 1 fully saturated rings. The fraction of sp³-hybridized carbons (Fsp3) is 0.346. The number of methoxy groups -OCH3 is 1. The van der Waals surface area contributed by atoms with Gasteiger partial charge in [0.05, 0.1) is 20.2 Å². The molecular formula is C26H28N4O3S. The van der Waals surface area contributed by atoms with Gasteiger partial charge in [-0.25, -0.2) is 4.79 Å². The van der Waals surface area contributed by atoms with Crippen LogP contribution in [0.2, 0.25) is 0 Å². The van der Waals surface area contributed by atoms with Gasteiger partial charge in [0, 0.05) is 23.3 Å². The summed E-state index contributed by atoms with van der Waals surface area (Å²) in [6.45, 7) is 3.73. The number of benzene rings is 2. The summed E-state index contributed by atoms with van der Waals surface area (Å²) in [5.41, 5.74) is 2.28. The van der Waals surface area contributed by atoms with Gasteiger partial charge in [0.2, 0.25) is 0 Å². The highest BCUT2D eigenvalue weighted by atomic mass is 32.2. The minimum absolute atomic E-state index is 0.368. The smallest absolute Gasteiger partial charge is 0.336 e. The SMILES string of the molecule is COc1ccc2c(CSc3nnc(CN4CCCCC4)n3Cc3ccccc3)cc(=O)oc2c1. The van der Waals surface area contributed by atoms with Gasteiger partial charge in [0.1, 0.15) is 17.2 Å². The molecule has 0 bridgehead atoms. The van der Waals surface area contributed by atoms with Crippen LogP contribution in [0.1, 0.15) is 36.2 Å². The van der Waals surface area contributed by atoms with Crippen LogP contribution >= 0.6 is 11.8 Å². The molecule has 3 heterocycles. The number of rotatable bonds is 8. The predicted molar refractivity (Wildman–Crippen MR) is 133 cm³/mol. The molecule has 0 saturated carbocycles. The molecule has 7 nitrogen and oxygen atoms in total. The van der Waals surface area contributed by atoms with E-state index in [2.05, 4.69) is 43.9 Å². The number of fused-ring (bicyclic) bond motifs is 1. The van der Waals surface area contributed by atoms with Crippen LogP contribution < -0.4 is 10.4 Å². The molecule has 0 radical (unpaired) electrons. The Hall–Kier alpha value is -3.10. The third kappa shape index (κ3) is 5.18. The molecule has 0 unspecified atom stereocenters. The lowest BCUT2D eigenvalue weighted by atomic mass is 10.1. The molecule has 2 aromatic heterocycles. The number of ether oxygens (including phenoxy) is 1. The summed E-state index contributed by atoms with van der Waals surface area (Å²) in [6, 6.07) is 17.5. The first kappa shape index (κ1) is 22.7. The quantitative estimate of drug-likeness (QED) is 0.269. The van der Waals surface area contributed by atoms with E-state index < -0.39 is 0 Å². The van der Waals surface area contributed by atoms with Crippen LogP contribution in [-0.4, -0.2) is 39.9 Å². The zero-order valence-electron chi connectivity index (χ0n) is 19.3. The van der Waals surface area contributed by atoms with Gasteiger partial charge < -0.3 is 13.7 Å². The van der Waals surface area contributed by atoms with E-state index in [-0.39, 0.29) is 5.63 Å². The molecule has 2 aromatic carbocycles. The molecule has 1 saturated heterocycles. The second-order valence-corrected chi connectivity index (χ2v) is 9.49. The Morgan fingerprint density at radius 2 is 1.82 bits per heavy atom. The van der Waals surface area contributed by atoms with Crippen molar-refractivity contribution in [2.45, 2.75) is 43.3 Å². The summed E-state index contributed by atoms with van der Waals surface area (Å²) in [6.07, 6.45) is 3.78. The van der Waals surface area contributed by atoms with Crippen LogP contribution in [0.15, 0.2) is 69.0 Å². The van der Waals surface area contributed by atoms with Crippen LogP contribution in [0.25, 0.3) is 11.0 Å². The molecule has 0 N–H and O–H groups in total. The Morgan fingerprint density at radius 1 is 1.00 bits per heavy atom. The van der Waals surface area contributed by atoms with Gasteiger partial charge in [-0.2, -0.15) is 0 Å². The van der Waals surface area contributed by atoms with Crippen molar-refractivity contribution in [3.8, 4) is 5.75 Å². The maximum absolute atomic E-state index is 12.2. The number of piperidine rings is 1. The lowest BCUT2D eigenvalue weighted by Gasteiger charge is -2.26. The molecule has 34 heavy (non-hydrogen) atoms. The van der Waals surface area contributed by atoms with E-state index >= 15 is 0 Å². The molecule has 8 heteroatoms. The van der Waals surface area contributed by atoms with Crippen LogP contribution in [0, 0.1) is 0 Å². The standard InChI is InChI=1S/C26H28N4O3S/c1-32-21-10-11-22-20(14-25(31)33-23(22)15-21)18-34-26-28-27-24(17-29-12-6-3-7-13-29)30(26)16-19-8-4-2-5-9-19/h2,4-5,8-11,14-15H,3,6-7,12-13,16-18H2,1H3. The highest BCUT2D eigenvalue weighted by molar-refractivity contribution is 7.98. The second-order valence-electron chi connectivity index (χ2n) is 8.55. The van der Waals surface area contributed by atoms with Crippen molar-refractivity contribution in [2.24, 2.45) is 0 Å². The number of likely N-dealkylation sites (tertiary alicyclic amines) is 1. The Morgan fingerprint density at radius 3 is 2.62 bits per heavy atom. The third-order valence-electron chi connectivity index (χ3n) is 6.18. The van der Waals surface area contributed by atoms with Gasteiger partial charge in [-0.1, -0.05) is 48.5 Å². The summed E-state index contributed by atoms with van der Waals surface area (Å²) >= 11 is 1.59. The van der Waals surface area contributed by atoms with E-state index in [1.54, 1.807) is 31.0 Å². The highest BCUT2D eigenvalue weighted by Gasteiger charge is 2.18. The first-order valence-electron chi connectivity index (χ1n) is 11.6. The number of aromatic nitrogens is 3. The lowest BCUT2D eigenvalue weighted by molar-refractivity contribution is 0.213. The van der Waals surface area contributed by atoms with E-state index in [0.717, 1.165) is 41.6 Å². The molecule has 4 aromatic rings. The van der Waals surface area contributed by atoms with Crippen LogP contribution in [-0.2, 0) is 18.8 Å². The topological polar surface area (TPSA) is 73.4 Å². The van der Waals surface area contributed by atoms with Gasteiger partial charge in [-0.05, 0) is 49.2 Å². The zero-order valence-corrected chi connectivity index (χ0v) is 20.1. The third-order valence-corrected chi connectivity index (χ3v) is 7.20. The molecule has 1 aliphatic heterocycles. The first-order chi connectivity index (χ1) is 16.7. The van der Waals surface area contributed by atoms with Crippen LogP contribution in [0.5, 0.6) is 5.75 Å². The number of hydrogen-bond donors (Lipinski definition) is 0. The van der Waals surface area contributed by atoms with Gasteiger partial charge in [0.15, 0.2) is 5.16 Å². The first-order valence-corrected chi connectivity index (χ1v) is 12.6. The van der Waals surface area contributed by atoms with Gasteiger partial charge in [-0.15, -0.1) is 10.2 Å². The van der Waals surface area contributed by atoms with E-state index in [1.165, 1.54) is 24.8 Å². The Bertz CT molecular complexity index is 1310. The molecule has 176 valence electrons. The molecule has 5 rings (SSSR count). The Labute approximate surface area is 202 Å². The Balaban J connectivity index is 1.42. The average molecular weight is 477 g/mol. The number of hydrogen-bond acceptors (Lipinski definition) is 7. The van der Waals surface area contributed by atoms with Gasteiger partial charge >= 0.3 is 5.63 Å². The van der Waals surface area contributed by atoms with Crippen molar-refractivity contribution in [2.75, 3.05) is 20.2 Å².